The Balaban J connectivity index is 2.39. The minimum Gasteiger partial charge on any atom is -0.394 e. The van der Waals surface area contributed by atoms with Crippen molar-refractivity contribution in [2.45, 2.75) is 31.5 Å². The maximum atomic E-state index is 13.8. The van der Waals surface area contributed by atoms with E-state index >= 15 is 0 Å². The van der Waals surface area contributed by atoms with Gasteiger partial charge in [0.15, 0.2) is 12.4 Å². The molecule has 1 saturated heterocycles. The molecule has 1 aromatic rings. The van der Waals surface area contributed by atoms with Crippen LogP contribution >= 0.6 is 0 Å². The topological polar surface area (TPSA) is 111 Å². The molecule has 2 rings (SSSR count). The molecule has 2 heterocycles. The maximum absolute atomic E-state index is 13.8. The van der Waals surface area contributed by atoms with Crippen molar-refractivity contribution in [1.82, 2.24) is 9.55 Å². The monoisotopic (exact) mass is 258 g/mol. The molecule has 0 spiro atoms. The van der Waals surface area contributed by atoms with Crippen molar-refractivity contribution in [3.8, 4) is 0 Å². The molecule has 0 aliphatic carbocycles. The lowest BCUT2D eigenvalue weighted by atomic mass is 10.1. The maximum Gasteiger partial charge on any atom is 0.351 e. The summed E-state index contributed by atoms with van der Waals surface area (Å²) in [7, 11) is 0. The molecule has 0 unspecified atom stereocenters. The molecule has 1 aliphatic heterocycles. The van der Waals surface area contributed by atoms with E-state index in [1.807, 2.05) is 0 Å². The molecule has 4 N–H and O–H groups in total. The lowest BCUT2D eigenvalue weighted by molar-refractivity contribution is -0.0491. The first-order valence-electron chi connectivity index (χ1n) is 5.39. The van der Waals surface area contributed by atoms with Crippen molar-refractivity contribution < 1.29 is 19.3 Å². The Kier molecular flexibility index (Phi) is 3.33. The molecule has 4 atom stereocenters. The number of rotatable bonds is 2. The van der Waals surface area contributed by atoms with Gasteiger partial charge in [-0.3, -0.25) is 4.57 Å². The molecule has 8 heteroatoms. The van der Waals surface area contributed by atoms with Crippen molar-refractivity contribution in [3.63, 3.8) is 0 Å². The number of aliphatic hydroxyl groups is 2. The number of anilines is 1. The van der Waals surface area contributed by atoms with Crippen LogP contribution in [0.1, 0.15) is 11.8 Å². The van der Waals surface area contributed by atoms with Crippen LogP contribution in [0.4, 0.5) is 10.2 Å². The molecule has 0 saturated carbocycles. The summed E-state index contributed by atoms with van der Waals surface area (Å²) in [6, 6.07) is 0. The van der Waals surface area contributed by atoms with Gasteiger partial charge in [-0.2, -0.15) is 4.98 Å². The Bertz CT molecular complexity index is 506. The fourth-order valence-electron chi connectivity index (χ4n) is 1.84. The van der Waals surface area contributed by atoms with Crippen LogP contribution in [0.2, 0.25) is 0 Å². The van der Waals surface area contributed by atoms with Crippen LogP contribution in [0.15, 0.2) is 11.0 Å². The van der Waals surface area contributed by atoms with E-state index in [2.05, 4.69) is 4.98 Å². The highest BCUT2D eigenvalue weighted by molar-refractivity contribution is 5.35. The van der Waals surface area contributed by atoms with E-state index in [9.17, 15) is 14.3 Å². The highest BCUT2D eigenvalue weighted by atomic mass is 18.2. The van der Waals surface area contributed by atoms with Crippen LogP contribution < -0.4 is 11.4 Å². The minimum atomic E-state index is -1.82. The molecule has 1 aliphatic rings. The number of aliphatic hydroxyl groups excluding tert-OH is 2. The van der Waals surface area contributed by atoms with Gasteiger partial charge >= 0.3 is 5.69 Å². The Hall–Kier alpha value is -1.51. The molecule has 0 amide bonds. The summed E-state index contributed by atoms with van der Waals surface area (Å²) < 4.78 is 19.8. The van der Waals surface area contributed by atoms with E-state index in [0.29, 0.717) is 5.56 Å². The second-order valence-electron chi connectivity index (χ2n) is 4.18. The van der Waals surface area contributed by atoms with E-state index in [1.54, 1.807) is 6.92 Å². The molecule has 7 nitrogen and oxygen atoms in total. The first-order chi connectivity index (χ1) is 8.45. The number of aromatic nitrogens is 2. The first-order valence-corrected chi connectivity index (χ1v) is 5.39. The number of ether oxygens (including phenoxy) is 1. The standard InChI is InChI=1S/C10H14FN3O4/c1-4-2-14(10(17)13-8(4)12)9-6(11)7(16)5(3-15)18-9/h2,5-7,9,15-16H,3H2,1H3,(H2,12,13,17)/t5-,6+,7-,9-/m0/s1/i11-1. The minimum absolute atomic E-state index is 0.0592. The number of halogens is 1. The number of nitrogens with zero attached hydrogens (tertiary/aromatic N) is 2. The van der Waals surface area contributed by atoms with Crippen LogP contribution in [0.25, 0.3) is 0 Å². The number of alkyl halides is 1. The largest absolute Gasteiger partial charge is 0.394 e. The van der Waals surface area contributed by atoms with E-state index < -0.39 is 36.9 Å². The lowest BCUT2D eigenvalue weighted by Crippen LogP contribution is -2.34. The van der Waals surface area contributed by atoms with Crippen molar-refractivity contribution in [2.75, 3.05) is 12.3 Å². The summed E-state index contributed by atoms with van der Waals surface area (Å²) in [6.07, 6.45) is -4.35. The van der Waals surface area contributed by atoms with Gasteiger partial charge in [0.1, 0.15) is 18.0 Å². The summed E-state index contributed by atoms with van der Waals surface area (Å²) in [4.78, 5) is 15.1. The summed E-state index contributed by atoms with van der Waals surface area (Å²) in [5.41, 5.74) is 5.18. The molecule has 1 fully saturated rings. The second kappa shape index (κ2) is 4.63. The van der Waals surface area contributed by atoms with Gasteiger partial charge in [-0.25, -0.2) is 9.18 Å². The number of hydrogen-bond acceptors (Lipinski definition) is 6. The molecule has 1 aromatic heterocycles. The van der Waals surface area contributed by atoms with Gasteiger partial charge in [0.2, 0.25) is 0 Å². The van der Waals surface area contributed by atoms with E-state index in [1.165, 1.54) is 6.20 Å². The van der Waals surface area contributed by atoms with Gasteiger partial charge in [0.25, 0.3) is 0 Å². The SMILES string of the molecule is Cc1cn([C@H]2O[C@@H](CO)[C@H](O)[C@H]2[18F])c(=O)nc1N. The molecule has 18 heavy (non-hydrogen) atoms. The summed E-state index contributed by atoms with van der Waals surface area (Å²) in [5.74, 6) is 0.0592. The highest BCUT2D eigenvalue weighted by Gasteiger charge is 2.45. The number of nitrogens with two attached hydrogens (primary N) is 1. The number of hydrogen-bond donors (Lipinski definition) is 3. The Morgan fingerprint density at radius 2 is 2.33 bits per heavy atom. The molecule has 0 aromatic carbocycles. The lowest BCUT2D eigenvalue weighted by Gasteiger charge is -2.16. The molecule has 100 valence electrons. The van der Waals surface area contributed by atoms with Crippen molar-refractivity contribution in [2.24, 2.45) is 0 Å². The predicted octanol–water partition coefficient (Wildman–Crippen LogP) is -1.28. The van der Waals surface area contributed by atoms with E-state index in [-0.39, 0.29) is 5.82 Å². The smallest absolute Gasteiger partial charge is 0.351 e. The average Bonchev–Trinajstić information content (AvgIpc) is 2.61. The van der Waals surface area contributed by atoms with Crippen LogP contribution in [0, 0.1) is 6.92 Å². The molecular weight excluding hydrogens is 244 g/mol. The molecule has 0 radical (unpaired) electrons. The summed E-state index contributed by atoms with van der Waals surface area (Å²) in [6.45, 7) is 1.08. The Labute approximate surface area is 102 Å². The van der Waals surface area contributed by atoms with Crippen LogP contribution in [0.3, 0.4) is 0 Å². The van der Waals surface area contributed by atoms with Gasteiger partial charge in [-0.15, -0.1) is 0 Å². The molecular formula is C10H14FN3O4. The van der Waals surface area contributed by atoms with E-state index in [4.69, 9.17) is 15.6 Å². The van der Waals surface area contributed by atoms with Gasteiger partial charge in [0.05, 0.1) is 6.61 Å². The normalized spacial score (nSPS) is 31.8. The van der Waals surface area contributed by atoms with Crippen LogP contribution in [0.5, 0.6) is 0 Å². The summed E-state index contributed by atoms with van der Waals surface area (Å²) in [5, 5.41) is 18.4. The Morgan fingerprint density at radius 1 is 1.67 bits per heavy atom. The second-order valence-corrected chi connectivity index (χ2v) is 4.18. The van der Waals surface area contributed by atoms with Crippen molar-refractivity contribution in [1.29, 1.82) is 0 Å². The third-order valence-corrected chi connectivity index (χ3v) is 2.92. The first kappa shape index (κ1) is 12.9. The van der Waals surface area contributed by atoms with Gasteiger partial charge in [-0.1, -0.05) is 0 Å². The zero-order valence-corrected chi connectivity index (χ0v) is 9.65. The van der Waals surface area contributed by atoms with Crippen LogP contribution in [-0.4, -0.2) is 44.8 Å². The van der Waals surface area contributed by atoms with Crippen molar-refractivity contribution in [3.05, 3.63) is 22.2 Å². The summed E-state index contributed by atoms with van der Waals surface area (Å²) >= 11 is 0. The van der Waals surface area contributed by atoms with E-state index in [0.717, 1.165) is 4.57 Å². The number of aryl methyl sites for hydroxylation is 1. The van der Waals surface area contributed by atoms with Gasteiger partial charge in [-0.05, 0) is 6.92 Å². The van der Waals surface area contributed by atoms with Crippen molar-refractivity contribution >= 4 is 5.82 Å². The third kappa shape index (κ3) is 1.98. The highest BCUT2D eigenvalue weighted by Crippen LogP contribution is 2.30. The number of nitrogen functional groups attached to an aromatic ring is 1. The molecule has 0 bridgehead atoms. The van der Waals surface area contributed by atoms with Crippen LogP contribution in [-0.2, 0) is 4.74 Å². The van der Waals surface area contributed by atoms with Gasteiger partial charge in [0, 0.05) is 11.8 Å². The Morgan fingerprint density at radius 3 is 2.89 bits per heavy atom. The zero-order valence-electron chi connectivity index (χ0n) is 9.65. The zero-order chi connectivity index (χ0) is 13.4. The van der Waals surface area contributed by atoms with Gasteiger partial charge < -0.3 is 20.7 Å². The quantitative estimate of drug-likeness (QED) is 0.609. The third-order valence-electron chi connectivity index (χ3n) is 2.92. The average molecular weight is 258 g/mol. The predicted molar refractivity (Wildman–Crippen MR) is 59.5 cm³/mol. The fourth-order valence-corrected chi connectivity index (χ4v) is 1.84. The fraction of sp³-hybridized carbons (Fsp3) is 0.600.